The van der Waals surface area contributed by atoms with Crippen molar-refractivity contribution < 1.29 is 21.9 Å². The van der Waals surface area contributed by atoms with Crippen LogP contribution in [0.2, 0.25) is 0 Å². The molecule has 2 atom stereocenters. The lowest BCUT2D eigenvalue weighted by Crippen LogP contribution is -2.35. The third kappa shape index (κ3) is 2.41. The minimum atomic E-state index is -4.37. The van der Waals surface area contributed by atoms with E-state index in [0.29, 0.717) is 0 Å². The van der Waals surface area contributed by atoms with Gasteiger partial charge in [-0.25, -0.2) is 17.2 Å². The van der Waals surface area contributed by atoms with Crippen LogP contribution < -0.4 is 10.5 Å². The van der Waals surface area contributed by atoms with Crippen molar-refractivity contribution in [3.63, 3.8) is 0 Å². The quantitative estimate of drug-likeness (QED) is 0.862. The number of halogens is 2. The minimum absolute atomic E-state index is 0.00437. The van der Waals surface area contributed by atoms with Crippen molar-refractivity contribution in [1.82, 2.24) is 0 Å². The molecule has 0 bridgehead atoms. The van der Waals surface area contributed by atoms with E-state index in [1.807, 2.05) is 0 Å². The first-order valence-electron chi connectivity index (χ1n) is 7.28. The van der Waals surface area contributed by atoms with E-state index in [-0.39, 0.29) is 33.1 Å². The lowest BCUT2D eigenvalue weighted by Gasteiger charge is -2.18. The van der Waals surface area contributed by atoms with Gasteiger partial charge in [0.05, 0.1) is 22.6 Å². The SMILES string of the molecule is CC1(F)C(N)c2c(ccc(Oc3cc(F)cc(C#N)c3)c2C#N)S1(=O)=O. The highest BCUT2D eigenvalue weighted by Gasteiger charge is 2.55. The van der Waals surface area contributed by atoms with Crippen molar-refractivity contribution in [2.24, 2.45) is 5.73 Å². The fourth-order valence-corrected chi connectivity index (χ4v) is 4.42. The number of hydrogen-bond acceptors (Lipinski definition) is 6. The average Bonchev–Trinajstić information content (AvgIpc) is 2.72. The molecule has 2 aromatic rings. The van der Waals surface area contributed by atoms with Gasteiger partial charge in [-0.3, -0.25) is 0 Å². The van der Waals surface area contributed by atoms with Crippen LogP contribution in [0.3, 0.4) is 0 Å². The molecule has 0 spiro atoms. The highest BCUT2D eigenvalue weighted by molar-refractivity contribution is 7.93. The number of alkyl halides is 1. The Balaban J connectivity index is 2.17. The van der Waals surface area contributed by atoms with Crippen molar-refractivity contribution >= 4 is 9.84 Å². The third-order valence-corrected chi connectivity index (χ3v) is 6.43. The van der Waals surface area contributed by atoms with E-state index in [9.17, 15) is 22.5 Å². The lowest BCUT2D eigenvalue weighted by molar-refractivity contribution is 0.255. The van der Waals surface area contributed by atoms with E-state index in [2.05, 4.69) is 0 Å². The number of nitriles is 2. The summed E-state index contributed by atoms with van der Waals surface area (Å²) in [5.74, 6) is -0.922. The Morgan fingerprint density at radius 3 is 2.54 bits per heavy atom. The molecule has 9 heteroatoms. The molecular weight excluding hydrogens is 364 g/mol. The Morgan fingerprint density at radius 2 is 1.92 bits per heavy atom. The number of fused-ring (bicyclic) bond motifs is 1. The van der Waals surface area contributed by atoms with Crippen molar-refractivity contribution in [2.45, 2.75) is 22.9 Å². The maximum absolute atomic E-state index is 14.7. The molecule has 1 aliphatic rings. The number of ether oxygens (including phenoxy) is 1. The summed E-state index contributed by atoms with van der Waals surface area (Å²) in [6.45, 7) is 0.834. The van der Waals surface area contributed by atoms with Gasteiger partial charge in [0.15, 0.2) is 0 Å². The highest BCUT2D eigenvalue weighted by atomic mass is 32.2. The number of rotatable bonds is 2. The van der Waals surface area contributed by atoms with E-state index in [0.717, 1.165) is 25.1 Å². The Morgan fingerprint density at radius 1 is 1.23 bits per heavy atom. The smallest absolute Gasteiger partial charge is 0.231 e. The maximum atomic E-state index is 14.7. The summed E-state index contributed by atoms with van der Waals surface area (Å²) in [7, 11) is -4.37. The summed E-state index contributed by atoms with van der Waals surface area (Å²) in [4.78, 5) is -0.379. The molecule has 0 aliphatic carbocycles. The standard InChI is InChI=1S/C17H11F2N3O3S/c1-17(19)16(22)15-12(8-21)13(2-3-14(15)26(17,23)24)25-11-5-9(7-20)4-10(18)6-11/h2-6,16H,22H2,1H3. The van der Waals surface area contributed by atoms with Crippen LogP contribution in [0.5, 0.6) is 11.5 Å². The molecule has 0 saturated carbocycles. The molecule has 132 valence electrons. The molecule has 2 aromatic carbocycles. The van der Waals surface area contributed by atoms with Gasteiger partial charge in [0, 0.05) is 11.6 Å². The van der Waals surface area contributed by atoms with Gasteiger partial charge in [0.2, 0.25) is 14.8 Å². The molecule has 26 heavy (non-hydrogen) atoms. The van der Waals surface area contributed by atoms with Gasteiger partial charge in [0.1, 0.15) is 28.9 Å². The van der Waals surface area contributed by atoms with E-state index >= 15 is 0 Å². The highest BCUT2D eigenvalue weighted by Crippen LogP contribution is 2.49. The van der Waals surface area contributed by atoms with Gasteiger partial charge in [-0.15, -0.1) is 0 Å². The minimum Gasteiger partial charge on any atom is -0.456 e. The fourth-order valence-electron chi connectivity index (χ4n) is 2.78. The number of benzene rings is 2. The summed E-state index contributed by atoms with van der Waals surface area (Å²) in [5, 5.41) is 15.6. The fraction of sp³-hybridized carbons (Fsp3) is 0.176. The third-order valence-electron chi connectivity index (χ3n) is 4.19. The number of nitrogens with zero attached hydrogens (tertiary/aromatic N) is 2. The summed E-state index contributed by atoms with van der Waals surface area (Å²) >= 11 is 0. The van der Waals surface area contributed by atoms with E-state index in [4.69, 9.17) is 15.7 Å². The van der Waals surface area contributed by atoms with Crippen LogP contribution in [0.15, 0.2) is 35.2 Å². The molecular formula is C17H11F2N3O3S. The topological polar surface area (TPSA) is 117 Å². The molecule has 0 radical (unpaired) electrons. The van der Waals surface area contributed by atoms with Crippen LogP contribution in [-0.2, 0) is 9.84 Å². The van der Waals surface area contributed by atoms with E-state index in [1.54, 1.807) is 12.1 Å². The molecule has 0 aromatic heterocycles. The largest absolute Gasteiger partial charge is 0.456 e. The zero-order valence-electron chi connectivity index (χ0n) is 13.3. The first-order chi connectivity index (χ1) is 12.1. The molecule has 0 fully saturated rings. The van der Waals surface area contributed by atoms with Crippen LogP contribution in [0.25, 0.3) is 0 Å². The molecule has 2 unspecified atom stereocenters. The van der Waals surface area contributed by atoms with Gasteiger partial charge in [0.25, 0.3) is 0 Å². The molecule has 1 aliphatic heterocycles. The predicted octanol–water partition coefficient (Wildman–Crippen LogP) is 2.83. The zero-order valence-corrected chi connectivity index (χ0v) is 14.1. The van der Waals surface area contributed by atoms with E-state index < -0.39 is 26.7 Å². The molecule has 6 nitrogen and oxygen atoms in total. The second kappa shape index (κ2) is 5.77. The zero-order chi connectivity index (χ0) is 19.3. The van der Waals surface area contributed by atoms with Crippen molar-refractivity contribution in [3.8, 4) is 23.6 Å². The summed E-state index contributed by atoms with van der Waals surface area (Å²) in [6, 6.07) is 7.44. The molecule has 0 saturated heterocycles. The van der Waals surface area contributed by atoms with E-state index in [1.165, 1.54) is 12.1 Å². The first-order valence-corrected chi connectivity index (χ1v) is 8.76. The van der Waals surface area contributed by atoms with Crippen molar-refractivity contribution in [3.05, 3.63) is 52.8 Å². The molecule has 1 heterocycles. The number of sulfone groups is 1. The predicted molar refractivity (Wildman–Crippen MR) is 86.0 cm³/mol. The number of nitrogens with two attached hydrogens (primary N) is 1. The van der Waals surface area contributed by atoms with Crippen LogP contribution in [0, 0.1) is 28.5 Å². The number of hydrogen-bond donors (Lipinski definition) is 1. The molecule has 0 amide bonds. The molecule has 2 N–H and O–H groups in total. The van der Waals surface area contributed by atoms with Crippen molar-refractivity contribution in [2.75, 3.05) is 0 Å². The second-order valence-corrected chi connectivity index (χ2v) is 8.06. The van der Waals surface area contributed by atoms with Crippen LogP contribution in [0.1, 0.15) is 29.7 Å². The second-order valence-electron chi connectivity index (χ2n) is 5.82. The van der Waals surface area contributed by atoms with Crippen LogP contribution in [0.4, 0.5) is 8.78 Å². The van der Waals surface area contributed by atoms with Gasteiger partial charge in [-0.05, 0) is 31.2 Å². The normalized spacial score (nSPS) is 22.9. The monoisotopic (exact) mass is 375 g/mol. The molecule has 3 rings (SSSR count). The lowest BCUT2D eigenvalue weighted by atomic mass is 9.98. The Kier molecular flexibility index (Phi) is 3.95. The van der Waals surface area contributed by atoms with Crippen LogP contribution in [-0.4, -0.2) is 13.4 Å². The maximum Gasteiger partial charge on any atom is 0.231 e. The van der Waals surface area contributed by atoms with Gasteiger partial charge in [-0.2, -0.15) is 10.5 Å². The first kappa shape index (κ1) is 17.8. The van der Waals surface area contributed by atoms with Crippen molar-refractivity contribution in [1.29, 1.82) is 10.5 Å². The summed E-state index contributed by atoms with van der Waals surface area (Å²) in [6.07, 6.45) is 0. The van der Waals surface area contributed by atoms with Gasteiger partial charge >= 0.3 is 0 Å². The Hall–Kier alpha value is -3.01. The van der Waals surface area contributed by atoms with Gasteiger partial charge < -0.3 is 10.5 Å². The Labute approximate surface area is 148 Å². The summed E-state index contributed by atoms with van der Waals surface area (Å²) < 4.78 is 58.2. The van der Waals surface area contributed by atoms with Gasteiger partial charge in [-0.1, -0.05) is 0 Å². The Bertz CT molecular complexity index is 1120. The summed E-state index contributed by atoms with van der Waals surface area (Å²) in [5.41, 5.74) is 5.29. The average molecular weight is 375 g/mol. The van der Waals surface area contributed by atoms with Crippen LogP contribution >= 0.6 is 0 Å².